The van der Waals surface area contributed by atoms with Crippen LogP contribution in [0.3, 0.4) is 0 Å². The van der Waals surface area contributed by atoms with E-state index >= 15 is 0 Å². The molecule has 0 aliphatic carbocycles. The highest BCUT2D eigenvalue weighted by atomic mass is 28.4. The second-order valence-electron chi connectivity index (χ2n) is 6.43. The van der Waals surface area contributed by atoms with Crippen LogP contribution in [-0.4, -0.2) is 27.1 Å². The van der Waals surface area contributed by atoms with Gasteiger partial charge in [-0.15, -0.1) is 0 Å². The standard InChI is InChI=1S/C13H28O2Si/c1-7-8-9-11(12-10-14-12)15-16(5,6)13(2,3)4/h11-12H,7-10H2,1-6H3/t11-,12-/m1/s1. The van der Waals surface area contributed by atoms with E-state index in [0.717, 1.165) is 13.0 Å². The van der Waals surface area contributed by atoms with Crippen LogP contribution in [0.25, 0.3) is 0 Å². The fourth-order valence-corrected chi connectivity index (χ4v) is 2.93. The van der Waals surface area contributed by atoms with Crippen LogP contribution in [0.2, 0.25) is 18.1 Å². The van der Waals surface area contributed by atoms with Gasteiger partial charge in [-0.3, -0.25) is 0 Å². The van der Waals surface area contributed by atoms with Crippen molar-refractivity contribution in [2.24, 2.45) is 0 Å². The summed E-state index contributed by atoms with van der Waals surface area (Å²) in [5, 5.41) is 0.298. The molecule has 0 aromatic carbocycles. The third-order valence-corrected chi connectivity index (χ3v) is 8.37. The Morgan fingerprint density at radius 1 is 1.38 bits per heavy atom. The van der Waals surface area contributed by atoms with E-state index < -0.39 is 8.32 Å². The molecule has 0 spiro atoms. The van der Waals surface area contributed by atoms with E-state index in [4.69, 9.17) is 9.16 Å². The van der Waals surface area contributed by atoms with E-state index in [2.05, 4.69) is 40.8 Å². The molecule has 1 fully saturated rings. The van der Waals surface area contributed by atoms with Crippen LogP contribution in [0.1, 0.15) is 47.0 Å². The van der Waals surface area contributed by atoms with Gasteiger partial charge < -0.3 is 9.16 Å². The van der Waals surface area contributed by atoms with Crippen LogP contribution < -0.4 is 0 Å². The van der Waals surface area contributed by atoms with Gasteiger partial charge in [-0.05, 0) is 24.6 Å². The zero-order valence-electron chi connectivity index (χ0n) is 11.8. The minimum absolute atomic E-state index is 0.298. The molecule has 0 aromatic rings. The molecule has 1 saturated heterocycles. The predicted octanol–water partition coefficient (Wildman–Crippen LogP) is 3.97. The molecular formula is C13H28O2Si. The van der Waals surface area contributed by atoms with Gasteiger partial charge in [0, 0.05) is 0 Å². The highest BCUT2D eigenvalue weighted by Gasteiger charge is 2.43. The van der Waals surface area contributed by atoms with Crippen molar-refractivity contribution in [3.05, 3.63) is 0 Å². The summed E-state index contributed by atoms with van der Waals surface area (Å²) in [5.74, 6) is 0. The van der Waals surface area contributed by atoms with Crippen molar-refractivity contribution in [2.75, 3.05) is 6.61 Å². The summed E-state index contributed by atoms with van der Waals surface area (Å²) in [4.78, 5) is 0. The third-order valence-electron chi connectivity index (χ3n) is 3.87. The Balaban J connectivity index is 2.53. The van der Waals surface area contributed by atoms with Crippen molar-refractivity contribution in [2.45, 2.75) is 77.3 Å². The molecule has 0 aromatic heterocycles. The summed E-state index contributed by atoms with van der Waals surface area (Å²) in [5.41, 5.74) is 0. The van der Waals surface area contributed by atoms with Crippen LogP contribution in [-0.2, 0) is 9.16 Å². The lowest BCUT2D eigenvalue weighted by Gasteiger charge is -2.39. The molecule has 0 unspecified atom stereocenters. The fourth-order valence-electron chi connectivity index (χ4n) is 1.55. The van der Waals surface area contributed by atoms with Gasteiger partial charge in [-0.2, -0.15) is 0 Å². The van der Waals surface area contributed by atoms with E-state index in [1.54, 1.807) is 0 Å². The molecule has 96 valence electrons. The van der Waals surface area contributed by atoms with Crippen LogP contribution in [0, 0.1) is 0 Å². The second-order valence-corrected chi connectivity index (χ2v) is 11.2. The van der Waals surface area contributed by atoms with E-state index in [1.807, 2.05) is 0 Å². The summed E-state index contributed by atoms with van der Waals surface area (Å²) < 4.78 is 11.9. The Bertz CT molecular complexity index is 216. The summed E-state index contributed by atoms with van der Waals surface area (Å²) in [6, 6.07) is 0. The average molecular weight is 244 g/mol. The van der Waals surface area contributed by atoms with E-state index in [9.17, 15) is 0 Å². The van der Waals surface area contributed by atoms with Gasteiger partial charge in [0.1, 0.15) is 6.10 Å². The highest BCUT2D eigenvalue weighted by Crippen LogP contribution is 2.39. The summed E-state index contributed by atoms with van der Waals surface area (Å²) >= 11 is 0. The Morgan fingerprint density at radius 2 is 1.94 bits per heavy atom. The number of ether oxygens (including phenoxy) is 1. The SMILES string of the molecule is CCCC[C@@H](O[Si](C)(C)C(C)(C)C)[C@H]1CO1. The smallest absolute Gasteiger partial charge is 0.192 e. The molecule has 0 bridgehead atoms. The van der Waals surface area contributed by atoms with Gasteiger partial charge >= 0.3 is 0 Å². The number of epoxide rings is 1. The lowest BCUT2D eigenvalue weighted by Crippen LogP contribution is -2.45. The van der Waals surface area contributed by atoms with Crippen LogP contribution in [0.15, 0.2) is 0 Å². The molecule has 2 atom stereocenters. The molecule has 0 saturated carbocycles. The zero-order chi connectivity index (χ0) is 12.4. The van der Waals surface area contributed by atoms with Gasteiger partial charge in [-0.25, -0.2) is 0 Å². The third kappa shape index (κ3) is 3.86. The molecule has 1 aliphatic heterocycles. The van der Waals surface area contributed by atoms with E-state index in [1.165, 1.54) is 12.8 Å². The lowest BCUT2D eigenvalue weighted by molar-refractivity contribution is 0.131. The van der Waals surface area contributed by atoms with Crippen LogP contribution in [0.5, 0.6) is 0 Å². The molecule has 0 N–H and O–H groups in total. The van der Waals surface area contributed by atoms with Crippen molar-refractivity contribution < 1.29 is 9.16 Å². The first-order chi connectivity index (χ1) is 7.28. The van der Waals surface area contributed by atoms with Crippen molar-refractivity contribution in [1.29, 1.82) is 0 Å². The Kier molecular flexibility index (Phi) is 4.61. The molecule has 0 amide bonds. The fraction of sp³-hybridized carbons (Fsp3) is 1.00. The number of hydrogen-bond donors (Lipinski definition) is 0. The minimum atomic E-state index is -1.62. The number of hydrogen-bond acceptors (Lipinski definition) is 2. The van der Waals surface area contributed by atoms with Crippen molar-refractivity contribution in [1.82, 2.24) is 0 Å². The van der Waals surface area contributed by atoms with E-state index in [-0.39, 0.29) is 0 Å². The van der Waals surface area contributed by atoms with Gasteiger partial charge in [0.2, 0.25) is 0 Å². The Morgan fingerprint density at radius 3 is 2.31 bits per heavy atom. The molecule has 0 radical (unpaired) electrons. The average Bonchev–Trinajstić information content (AvgIpc) is 2.93. The minimum Gasteiger partial charge on any atom is -0.411 e. The molecule has 1 rings (SSSR count). The van der Waals surface area contributed by atoms with Crippen LogP contribution >= 0.6 is 0 Å². The van der Waals surface area contributed by atoms with E-state index in [0.29, 0.717) is 17.2 Å². The molecular weight excluding hydrogens is 216 g/mol. The largest absolute Gasteiger partial charge is 0.411 e. The van der Waals surface area contributed by atoms with Gasteiger partial charge in [0.25, 0.3) is 0 Å². The van der Waals surface area contributed by atoms with Crippen LogP contribution in [0.4, 0.5) is 0 Å². The first-order valence-electron chi connectivity index (χ1n) is 6.57. The summed E-state index contributed by atoms with van der Waals surface area (Å²) in [6.45, 7) is 14.7. The zero-order valence-corrected chi connectivity index (χ0v) is 12.8. The maximum atomic E-state index is 6.44. The molecule has 2 nitrogen and oxygen atoms in total. The van der Waals surface area contributed by atoms with Crippen molar-refractivity contribution in [3.8, 4) is 0 Å². The quantitative estimate of drug-likeness (QED) is 0.521. The Hall–Kier alpha value is 0.137. The Labute approximate surface area is 102 Å². The number of rotatable bonds is 6. The molecule has 3 heteroatoms. The van der Waals surface area contributed by atoms with Crippen molar-refractivity contribution >= 4 is 8.32 Å². The second kappa shape index (κ2) is 5.19. The topological polar surface area (TPSA) is 21.8 Å². The highest BCUT2D eigenvalue weighted by molar-refractivity contribution is 6.74. The van der Waals surface area contributed by atoms with Gasteiger partial charge in [0.05, 0.1) is 12.7 Å². The summed E-state index contributed by atoms with van der Waals surface area (Å²) in [7, 11) is -1.62. The van der Waals surface area contributed by atoms with Gasteiger partial charge in [0.15, 0.2) is 8.32 Å². The molecule has 1 heterocycles. The lowest BCUT2D eigenvalue weighted by atomic mass is 10.1. The first kappa shape index (κ1) is 14.2. The number of unbranched alkanes of at least 4 members (excludes halogenated alkanes) is 1. The summed E-state index contributed by atoms with van der Waals surface area (Å²) in [6.07, 6.45) is 4.39. The predicted molar refractivity (Wildman–Crippen MR) is 71.3 cm³/mol. The maximum Gasteiger partial charge on any atom is 0.192 e. The molecule has 1 aliphatic rings. The van der Waals surface area contributed by atoms with Gasteiger partial charge in [-0.1, -0.05) is 40.5 Å². The first-order valence-corrected chi connectivity index (χ1v) is 9.48. The monoisotopic (exact) mass is 244 g/mol. The molecule has 16 heavy (non-hydrogen) atoms. The van der Waals surface area contributed by atoms with Crippen molar-refractivity contribution in [3.63, 3.8) is 0 Å². The normalized spacial score (nSPS) is 23.2. The maximum absolute atomic E-state index is 6.44.